The molecule has 0 fully saturated rings. The minimum Gasteiger partial charge on any atom is -0.302 e. The van der Waals surface area contributed by atoms with Crippen molar-refractivity contribution in [2.24, 2.45) is 0 Å². The lowest BCUT2D eigenvalue weighted by atomic mass is 10.1. The van der Waals surface area contributed by atoms with Crippen molar-refractivity contribution in [1.29, 1.82) is 0 Å². The van der Waals surface area contributed by atoms with Gasteiger partial charge in [0.1, 0.15) is 0 Å². The van der Waals surface area contributed by atoms with Gasteiger partial charge in [-0.25, -0.2) is 4.98 Å². The number of carbonyl (C=O) groups is 1. The number of benzene rings is 2. The van der Waals surface area contributed by atoms with Gasteiger partial charge in [-0.15, -0.1) is 11.3 Å². The van der Waals surface area contributed by atoms with Crippen molar-refractivity contribution in [3.8, 4) is 0 Å². The van der Waals surface area contributed by atoms with Crippen LogP contribution in [0.1, 0.15) is 21.7 Å². The Morgan fingerprint density at radius 2 is 1.90 bits per heavy atom. The van der Waals surface area contributed by atoms with E-state index in [9.17, 15) is 14.9 Å². The summed E-state index contributed by atoms with van der Waals surface area (Å²) in [6, 6.07) is 16.4. The quantitative estimate of drug-likeness (QED) is 0.495. The van der Waals surface area contributed by atoms with Gasteiger partial charge < -0.3 is 5.32 Å². The number of thiazole rings is 1. The van der Waals surface area contributed by atoms with Crippen molar-refractivity contribution in [3.05, 3.63) is 86.4 Å². The highest BCUT2D eigenvalue weighted by Gasteiger charge is 2.21. The Kier molecular flexibility index (Phi) is 5.64. The van der Waals surface area contributed by atoms with E-state index in [2.05, 4.69) is 39.5 Å². The van der Waals surface area contributed by atoms with Gasteiger partial charge in [-0.3, -0.25) is 19.8 Å². The van der Waals surface area contributed by atoms with E-state index in [0.29, 0.717) is 5.13 Å². The van der Waals surface area contributed by atoms with E-state index < -0.39 is 4.92 Å². The van der Waals surface area contributed by atoms with Gasteiger partial charge >= 0.3 is 0 Å². The first-order valence-electron chi connectivity index (χ1n) is 9.35. The molecule has 1 aliphatic heterocycles. The van der Waals surface area contributed by atoms with E-state index in [1.54, 1.807) is 12.1 Å². The first-order valence-corrected chi connectivity index (χ1v) is 10.2. The molecule has 2 aromatic carbocycles. The molecule has 0 aliphatic carbocycles. The number of nitro groups is 1. The molecule has 1 aromatic heterocycles. The van der Waals surface area contributed by atoms with Crippen molar-refractivity contribution < 1.29 is 9.72 Å². The first kappa shape index (κ1) is 19.2. The van der Waals surface area contributed by atoms with E-state index in [-0.39, 0.29) is 18.0 Å². The number of amides is 1. The Bertz CT molecular complexity index is 1020. The summed E-state index contributed by atoms with van der Waals surface area (Å²) >= 11 is 1.52. The number of anilines is 1. The number of hydrogen-bond donors (Lipinski definition) is 1. The summed E-state index contributed by atoms with van der Waals surface area (Å²) in [4.78, 5) is 30.8. The zero-order valence-corrected chi connectivity index (χ0v) is 16.5. The molecule has 1 N–H and O–H groups in total. The van der Waals surface area contributed by atoms with E-state index in [1.807, 2.05) is 6.07 Å². The number of carbonyl (C=O) groups excluding carboxylic acids is 1. The van der Waals surface area contributed by atoms with Crippen molar-refractivity contribution in [2.45, 2.75) is 25.9 Å². The maximum absolute atomic E-state index is 12.3. The van der Waals surface area contributed by atoms with Gasteiger partial charge in [0.2, 0.25) is 5.91 Å². The summed E-state index contributed by atoms with van der Waals surface area (Å²) in [5.74, 6) is -0.175. The Hall–Kier alpha value is -3.10. The van der Waals surface area contributed by atoms with Crippen LogP contribution in [0.4, 0.5) is 10.8 Å². The Labute approximate surface area is 172 Å². The highest BCUT2D eigenvalue weighted by atomic mass is 32.1. The Morgan fingerprint density at radius 3 is 2.62 bits per heavy atom. The van der Waals surface area contributed by atoms with Crippen LogP contribution in [0.15, 0.2) is 54.6 Å². The fraction of sp³-hybridized carbons (Fsp3) is 0.238. The highest BCUT2D eigenvalue weighted by molar-refractivity contribution is 7.15. The van der Waals surface area contributed by atoms with Gasteiger partial charge in [-0.05, 0) is 11.1 Å². The van der Waals surface area contributed by atoms with Crippen LogP contribution in [-0.4, -0.2) is 27.3 Å². The fourth-order valence-electron chi connectivity index (χ4n) is 3.36. The molecule has 8 heteroatoms. The number of non-ortho nitro benzene ring substituents is 1. The summed E-state index contributed by atoms with van der Waals surface area (Å²) < 4.78 is 0. The van der Waals surface area contributed by atoms with Crippen LogP contribution in [0.5, 0.6) is 0 Å². The van der Waals surface area contributed by atoms with Gasteiger partial charge in [0, 0.05) is 43.1 Å². The Morgan fingerprint density at radius 1 is 1.14 bits per heavy atom. The molecule has 0 spiro atoms. The predicted molar refractivity (Wildman–Crippen MR) is 112 cm³/mol. The molecular formula is C21H20N4O3S. The Balaban J connectivity index is 1.35. The van der Waals surface area contributed by atoms with Crippen molar-refractivity contribution in [1.82, 2.24) is 9.88 Å². The maximum atomic E-state index is 12.3. The van der Waals surface area contributed by atoms with Crippen LogP contribution in [0.2, 0.25) is 0 Å². The molecule has 3 aromatic rings. The van der Waals surface area contributed by atoms with Crippen molar-refractivity contribution in [2.75, 3.05) is 11.9 Å². The summed E-state index contributed by atoms with van der Waals surface area (Å²) in [7, 11) is 0. The van der Waals surface area contributed by atoms with Crippen LogP contribution in [0, 0.1) is 10.1 Å². The lowest BCUT2D eigenvalue weighted by Gasteiger charge is -2.25. The zero-order chi connectivity index (χ0) is 20.2. The molecule has 2 heterocycles. The van der Waals surface area contributed by atoms with Gasteiger partial charge in [0.15, 0.2) is 5.13 Å². The van der Waals surface area contributed by atoms with Crippen LogP contribution < -0.4 is 5.32 Å². The van der Waals surface area contributed by atoms with E-state index in [1.165, 1.54) is 33.9 Å². The van der Waals surface area contributed by atoms with E-state index in [0.717, 1.165) is 37.3 Å². The van der Waals surface area contributed by atoms with Crippen LogP contribution in [-0.2, 0) is 30.7 Å². The summed E-state index contributed by atoms with van der Waals surface area (Å²) in [6.07, 6.45) is 1.03. The monoisotopic (exact) mass is 408 g/mol. The highest BCUT2D eigenvalue weighted by Crippen LogP contribution is 2.29. The lowest BCUT2D eigenvalue weighted by Crippen LogP contribution is -2.29. The SMILES string of the molecule is O=C(Cc1ccc([N+](=O)[O-])cc1)Nc1nc2c(s1)CN(Cc1ccccc1)CC2. The maximum Gasteiger partial charge on any atom is 0.269 e. The summed E-state index contributed by atoms with van der Waals surface area (Å²) in [6.45, 7) is 2.68. The number of nitrogens with one attached hydrogen (secondary N) is 1. The third-order valence-corrected chi connectivity index (χ3v) is 5.82. The molecule has 4 rings (SSSR count). The average molecular weight is 408 g/mol. The average Bonchev–Trinajstić information content (AvgIpc) is 3.10. The molecule has 0 atom stereocenters. The van der Waals surface area contributed by atoms with Gasteiger partial charge in [0.25, 0.3) is 5.69 Å². The van der Waals surface area contributed by atoms with Crippen LogP contribution in [0.3, 0.4) is 0 Å². The molecular weight excluding hydrogens is 388 g/mol. The summed E-state index contributed by atoms with van der Waals surface area (Å²) in [5.41, 5.74) is 3.09. The minimum atomic E-state index is -0.453. The second-order valence-electron chi connectivity index (χ2n) is 6.98. The molecule has 1 amide bonds. The molecule has 0 bridgehead atoms. The second-order valence-corrected chi connectivity index (χ2v) is 8.07. The molecule has 1 aliphatic rings. The number of nitrogens with zero attached hydrogens (tertiary/aromatic N) is 3. The number of rotatable bonds is 6. The smallest absolute Gasteiger partial charge is 0.269 e. The zero-order valence-electron chi connectivity index (χ0n) is 15.7. The lowest BCUT2D eigenvalue weighted by molar-refractivity contribution is -0.384. The molecule has 29 heavy (non-hydrogen) atoms. The number of hydrogen-bond acceptors (Lipinski definition) is 6. The standard InChI is InChI=1S/C21H20N4O3S/c26-20(12-15-6-8-17(9-7-15)25(27)28)23-21-22-18-10-11-24(14-19(18)29-21)13-16-4-2-1-3-5-16/h1-9H,10-14H2,(H,22,23,26). The molecule has 0 radical (unpaired) electrons. The normalized spacial score (nSPS) is 13.7. The molecule has 0 saturated heterocycles. The first-order chi connectivity index (χ1) is 14.1. The van der Waals surface area contributed by atoms with Crippen LogP contribution in [0.25, 0.3) is 0 Å². The van der Waals surface area contributed by atoms with Crippen molar-refractivity contribution >= 4 is 28.1 Å². The fourth-order valence-corrected chi connectivity index (χ4v) is 4.43. The van der Waals surface area contributed by atoms with Gasteiger partial charge in [-0.1, -0.05) is 42.5 Å². The number of aromatic nitrogens is 1. The van der Waals surface area contributed by atoms with E-state index >= 15 is 0 Å². The topological polar surface area (TPSA) is 88.4 Å². The second kappa shape index (κ2) is 8.50. The molecule has 0 unspecified atom stereocenters. The minimum absolute atomic E-state index is 0.0156. The summed E-state index contributed by atoms with van der Waals surface area (Å²) in [5, 5.41) is 14.2. The molecule has 148 valence electrons. The third kappa shape index (κ3) is 4.85. The van der Waals surface area contributed by atoms with Gasteiger partial charge in [-0.2, -0.15) is 0 Å². The molecule has 7 nitrogen and oxygen atoms in total. The number of fused-ring (bicyclic) bond motifs is 1. The van der Waals surface area contributed by atoms with Crippen LogP contribution >= 0.6 is 11.3 Å². The molecule has 0 saturated carbocycles. The van der Waals surface area contributed by atoms with Gasteiger partial charge in [0.05, 0.1) is 17.0 Å². The third-order valence-electron chi connectivity index (χ3n) is 4.82. The van der Waals surface area contributed by atoms with Crippen molar-refractivity contribution in [3.63, 3.8) is 0 Å². The van der Waals surface area contributed by atoms with E-state index in [4.69, 9.17) is 0 Å². The largest absolute Gasteiger partial charge is 0.302 e. The predicted octanol–water partition coefficient (Wildman–Crippen LogP) is 3.79. The number of nitro benzene ring substituents is 1.